The summed E-state index contributed by atoms with van der Waals surface area (Å²) in [5.74, 6) is -4.43. The SMILES string of the molecule is C=CC(C)OCC(F)(OF)C(F)(F)F. The van der Waals surface area contributed by atoms with Gasteiger partial charge >= 0.3 is 12.0 Å². The maximum absolute atomic E-state index is 12.6. The maximum atomic E-state index is 12.6. The van der Waals surface area contributed by atoms with E-state index in [1.807, 2.05) is 0 Å². The number of hydrogen-bond acceptors (Lipinski definition) is 2. The van der Waals surface area contributed by atoms with Crippen LogP contribution in [0.2, 0.25) is 0 Å². The maximum Gasteiger partial charge on any atom is 0.454 e. The van der Waals surface area contributed by atoms with Crippen molar-refractivity contribution >= 4 is 0 Å². The smallest absolute Gasteiger partial charge is 0.368 e. The Hall–Kier alpha value is -0.690. The molecule has 2 unspecified atom stereocenters. The highest BCUT2D eigenvalue weighted by Crippen LogP contribution is 2.35. The molecule has 0 aliphatic carbocycles. The van der Waals surface area contributed by atoms with Crippen LogP contribution in [0.5, 0.6) is 0 Å². The standard InChI is InChI=1S/C7H9F5O2/c1-3-5(2)13-4-6(8,14-12)7(9,10)11/h3,5H,1,4H2,2H3. The third kappa shape index (κ3) is 3.22. The van der Waals surface area contributed by atoms with E-state index in [2.05, 4.69) is 16.3 Å². The fourth-order valence-electron chi connectivity index (χ4n) is 0.455. The van der Waals surface area contributed by atoms with Gasteiger partial charge in [-0.2, -0.15) is 17.6 Å². The van der Waals surface area contributed by atoms with Crippen LogP contribution >= 0.6 is 0 Å². The molecule has 0 saturated heterocycles. The van der Waals surface area contributed by atoms with Crippen LogP contribution in [-0.2, 0) is 9.68 Å². The summed E-state index contributed by atoms with van der Waals surface area (Å²) < 4.78 is 63.8. The van der Waals surface area contributed by atoms with Crippen molar-refractivity contribution in [2.24, 2.45) is 0 Å². The number of alkyl halides is 4. The van der Waals surface area contributed by atoms with Crippen molar-refractivity contribution in [1.29, 1.82) is 0 Å². The lowest BCUT2D eigenvalue weighted by Crippen LogP contribution is -2.46. The molecule has 0 saturated carbocycles. The minimum absolute atomic E-state index is 0.831. The molecule has 2 atom stereocenters. The quantitative estimate of drug-likeness (QED) is 0.523. The molecule has 0 aromatic carbocycles. The van der Waals surface area contributed by atoms with E-state index in [0.717, 1.165) is 6.08 Å². The van der Waals surface area contributed by atoms with Gasteiger partial charge in [0.15, 0.2) is 0 Å². The Labute approximate surface area is 77.2 Å². The van der Waals surface area contributed by atoms with E-state index in [9.17, 15) is 22.1 Å². The Morgan fingerprint density at radius 1 is 1.36 bits per heavy atom. The van der Waals surface area contributed by atoms with Crippen LogP contribution in [-0.4, -0.2) is 24.7 Å². The second kappa shape index (κ2) is 4.70. The third-order valence-corrected chi connectivity index (χ3v) is 1.41. The van der Waals surface area contributed by atoms with Gasteiger partial charge in [-0.25, -0.2) is 0 Å². The van der Waals surface area contributed by atoms with Crippen molar-refractivity contribution in [2.45, 2.75) is 25.1 Å². The van der Waals surface area contributed by atoms with Crippen LogP contribution in [0.25, 0.3) is 0 Å². The van der Waals surface area contributed by atoms with Gasteiger partial charge in [0, 0.05) is 0 Å². The Morgan fingerprint density at radius 3 is 2.14 bits per heavy atom. The zero-order valence-electron chi connectivity index (χ0n) is 7.28. The second-order valence-electron chi connectivity index (χ2n) is 2.56. The average Bonchev–Trinajstić information content (AvgIpc) is 2.11. The Morgan fingerprint density at radius 2 is 1.86 bits per heavy atom. The molecule has 14 heavy (non-hydrogen) atoms. The summed E-state index contributed by atoms with van der Waals surface area (Å²) >= 11 is 0. The molecular weight excluding hydrogens is 211 g/mol. The molecule has 0 aromatic heterocycles. The van der Waals surface area contributed by atoms with Gasteiger partial charge in [0.05, 0.1) is 6.10 Å². The molecule has 0 aliphatic rings. The molecule has 0 bridgehead atoms. The minimum Gasteiger partial charge on any atom is -0.368 e. The molecule has 2 nitrogen and oxygen atoms in total. The van der Waals surface area contributed by atoms with Gasteiger partial charge in [0.25, 0.3) is 0 Å². The van der Waals surface area contributed by atoms with Gasteiger partial charge in [-0.15, -0.1) is 11.5 Å². The fourth-order valence-corrected chi connectivity index (χ4v) is 0.455. The molecule has 0 N–H and O–H groups in total. The lowest BCUT2D eigenvalue weighted by atomic mass is 10.3. The summed E-state index contributed by atoms with van der Waals surface area (Å²) in [5.41, 5.74) is 0. The Kier molecular flexibility index (Phi) is 4.47. The Bertz CT molecular complexity index is 193. The van der Waals surface area contributed by atoms with Crippen LogP contribution in [0, 0.1) is 0 Å². The van der Waals surface area contributed by atoms with Crippen LogP contribution in [0.3, 0.4) is 0 Å². The fraction of sp³-hybridized carbons (Fsp3) is 0.714. The monoisotopic (exact) mass is 220 g/mol. The molecule has 0 amide bonds. The first kappa shape index (κ1) is 13.3. The van der Waals surface area contributed by atoms with E-state index in [0.29, 0.717) is 0 Å². The molecule has 0 fully saturated rings. The molecule has 0 rings (SSSR count). The van der Waals surface area contributed by atoms with Crippen molar-refractivity contribution in [3.63, 3.8) is 0 Å². The third-order valence-electron chi connectivity index (χ3n) is 1.41. The lowest BCUT2D eigenvalue weighted by Gasteiger charge is -2.23. The summed E-state index contributed by atoms with van der Waals surface area (Å²) in [7, 11) is 0. The van der Waals surface area contributed by atoms with Gasteiger partial charge in [-0.05, 0) is 11.4 Å². The lowest BCUT2D eigenvalue weighted by molar-refractivity contribution is -0.412. The van der Waals surface area contributed by atoms with E-state index in [1.54, 1.807) is 0 Å². The molecule has 0 spiro atoms. The van der Waals surface area contributed by atoms with Crippen molar-refractivity contribution in [2.75, 3.05) is 6.61 Å². The van der Waals surface area contributed by atoms with Crippen LogP contribution < -0.4 is 0 Å². The molecule has 0 heterocycles. The minimum atomic E-state index is -5.48. The summed E-state index contributed by atoms with van der Waals surface area (Å²) in [4.78, 5) is 2.25. The molecule has 0 aromatic rings. The predicted molar refractivity (Wildman–Crippen MR) is 37.7 cm³/mol. The van der Waals surface area contributed by atoms with Crippen molar-refractivity contribution in [3.05, 3.63) is 12.7 Å². The zero-order valence-corrected chi connectivity index (χ0v) is 7.28. The zero-order chi connectivity index (χ0) is 11.4. The van der Waals surface area contributed by atoms with Crippen LogP contribution in [0.1, 0.15) is 6.92 Å². The highest BCUT2D eigenvalue weighted by molar-refractivity contribution is 4.80. The summed E-state index contributed by atoms with van der Waals surface area (Å²) in [6.07, 6.45) is -5.18. The molecular formula is C7H9F5O2. The largest absolute Gasteiger partial charge is 0.454 e. The topological polar surface area (TPSA) is 18.5 Å². The second-order valence-corrected chi connectivity index (χ2v) is 2.56. The van der Waals surface area contributed by atoms with Gasteiger partial charge in [-0.3, -0.25) is 0 Å². The number of ether oxygens (including phenoxy) is 1. The first-order valence-electron chi connectivity index (χ1n) is 3.56. The van der Waals surface area contributed by atoms with E-state index in [4.69, 9.17) is 0 Å². The summed E-state index contributed by atoms with van der Waals surface area (Å²) in [5, 5.41) is 0. The summed E-state index contributed by atoms with van der Waals surface area (Å²) in [6.45, 7) is 2.92. The van der Waals surface area contributed by atoms with Gasteiger partial charge in [0.2, 0.25) is 0 Å². The first-order chi connectivity index (χ1) is 6.27. The van der Waals surface area contributed by atoms with E-state index in [1.165, 1.54) is 6.92 Å². The number of hydrogen-bond donors (Lipinski definition) is 0. The van der Waals surface area contributed by atoms with Crippen LogP contribution in [0.15, 0.2) is 12.7 Å². The molecule has 84 valence electrons. The number of halogens is 5. The van der Waals surface area contributed by atoms with Gasteiger partial charge in [-0.1, -0.05) is 6.08 Å². The molecule has 7 heteroatoms. The predicted octanol–water partition coefficient (Wildman–Crippen LogP) is 2.71. The van der Waals surface area contributed by atoms with E-state index in [-0.39, 0.29) is 0 Å². The average molecular weight is 220 g/mol. The number of rotatable bonds is 5. The highest BCUT2D eigenvalue weighted by Gasteiger charge is 2.59. The molecule has 0 aliphatic heterocycles. The van der Waals surface area contributed by atoms with Gasteiger partial charge < -0.3 is 4.74 Å². The first-order valence-corrected chi connectivity index (χ1v) is 3.56. The highest BCUT2D eigenvalue weighted by atomic mass is 19.4. The van der Waals surface area contributed by atoms with Crippen LogP contribution in [0.4, 0.5) is 22.1 Å². The van der Waals surface area contributed by atoms with Crippen molar-refractivity contribution in [3.8, 4) is 0 Å². The normalized spacial score (nSPS) is 18.7. The van der Waals surface area contributed by atoms with E-state index >= 15 is 0 Å². The van der Waals surface area contributed by atoms with Crippen molar-refractivity contribution in [1.82, 2.24) is 0 Å². The Balaban J connectivity index is 4.34. The van der Waals surface area contributed by atoms with Gasteiger partial charge in [0.1, 0.15) is 6.61 Å². The molecule has 0 radical (unpaired) electrons. The van der Waals surface area contributed by atoms with Crippen molar-refractivity contribution < 1.29 is 31.8 Å². The van der Waals surface area contributed by atoms with E-state index < -0.39 is 24.7 Å². The summed E-state index contributed by atoms with van der Waals surface area (Å²) in [6, 6.07) is 0.